The fourth-order valence-corrected chi connectivity index (χ4v) is 5.63. The number of hydrogen-bond acceptors (Lipinski definition) is 0. The molecule has 7 aromatic rings. The second-order valence-electron chi connectivity index (χ2n) is 9.59. The third-order valence-corrected chi connectivity index (χ3v) is 7.81. The van der Waals surface area contributed by atoms with Crippen LogP contribution in [0.4, 0.5) is 0 Å². The molecule has 0 atom stereocenters. The Balaban J connectivity index is 1.43. The largest absolute Gasteiger partial charge is 0.309 e. The molecule has 2 heteroatoms. The third kappa shape index (κ3) is 4.04. The van der Waals surface area contributed by atoms with Crippen molar-refractivity contribution in [3.63, 3.8) is 0 Å². The molecule has 0 amide bonds. The first-order chi connectivity index (χ1) is 18.7. The monoisotopic (exact) mass is 549 g/mol. The average Bonchev–Trinajstić information content (AvgIpc) is 3.31. The smallest absolute Gasteiger partial charge is 0.0541 e. The van der Waals surface area contributed by atoms with Gasteiger partial charge in [-0.25, -0.2) is 0 Å². The van der Waals surface area contributed by atoms with Crippen LogP contribution in [0.2, 0.25) is 0 Å². The van der Waals surface area contributed by atoms with Crippen molar-refractivity contribution < 1.29 is 0 Å². The van der Waals surface area contributed by atoms with Crippen molar-refractivity contribution >= 4 is 37.7 Å². The Morgan fingerprint density at radius 2 is 0.763 bits per heavy atom. The summed E-state index contributed by atoms with van der Waals surface area (Å²) in [5, 5.41) is 2.52. The Hall–Kier alpha value is -4.40. The molecule has 1 aromatic heterocycles. The molecule has 0 saturated heterocycles. The molecule has 0 aliphatic rings. The number of aromatic nitrogens is 1. The van der Waals surface area contributed by atoms with Gasteiger partial charge in [-0.2, -0.15) is 0 Å². The Labute approximate surface area is 230 Å². The van der Waals surface area contributed by atoms with E-state index in [9.17, 15) is 0 Å². The van der Waals surface area contributed by atoms with Crippen LogP contribution in [0.1, 0.15) is 0 Å². The summed E-state index contributed by atoms with van der Waals surface area (Å²) >= 11 is 3.54. The van der Waals surface area contributed by atoms with Gasteiger partial charge in [-0.15, -0.1) is 0 Å². The van der Waals surface area contributed by atoms with Crippen LogP contribution < -0.4 is 0 Å². The first kappa shape index (κ1) is 22.8. The predicted octanol–water partition coefficient (Wildman–Crippen LogP) is 10.5. The van der Waals surface area contributed by atoms with Gasteiger partial charge in [0.2, 0.25) is 0 Å². The zero-order valence-electron chi connectivity index (χ0n) is 20.7. The molecule has 38 heavy (non-hydrogen) atoms. The fourth-order valence-electron chi connectivity index (χ4n) is 5.37. The van der Waals surface area contributed by atoms with Crippen LogP contribution in [0.5, 0.6) is 0 Å². The van der Waals surface area contributed by atoms with E-state index in [1.54, 1.807) is 0 Å². The van der Waals surface area contributed by atoms with Crippen molar-refractivity contribution in [1.82, 2.24) is 4.57 Å². The average molecular weight is 550 g/mol. The lowest BCUT2D eigenvalue weighted by atomic mass is 10.0. The Kier molecular flexibility index (Phi) is 5.68. The summed E-state index contributed by atoms with van der Waals surface area (Å²) in [6.45, 7) is 0. The molecule has 0 aliphatic heterocycles. The van der Waals surface area contributed by atoms with Gasteiger partial charge < -0.3 is 4.57 Å². The molecule has 1 heterocycles. The van der Waals surface area contributed by atoms with Crippen LogP contribution in [0.15, 0.2) is 150 Å². The topological polar surface area (TPSA) is 4.93 Å². The van der Waals surface area contributed by atoms with E-state index in [1.807, 2.05) is 0 Å². The van der Waals surface area contributed by atoms with E-state index in [-0.39, 0.29) is 0 Å². The highest BCUT2D eigenvalue weighted by Crippen LogP contribution is 2.37. The number of nitrogens with zero attached hydrogens (tertiary/aromatic N) is 1. The van der Waals surface area contributed by atoms with Crippen molar-refractivity contribution in [3.8, 4) is 39.1 Å². The van der Waals surface area contributed by atoms with E-state index in [2.05, 4.69) is 166 Å². The van der Waals surface area contributed by atoms with E-state index in [1.165, 1.54) is 55.2 Å². The molecular formula is C36H24BrN. The van der Waals surface area contributed by atoms with Gasteiger partial charge in [0.15, 0.2) is 0 Å². The molecule has 7 rings (SSSR count). The van der Waals surface area contributed by atoms with E-state index in [0.717, 1.165) is 10.2 Å². The highest BCUT2D eigenvalue weighted by molar-refractivity contribution is 9.10. The lowest BCUT2D eigenvalue weighted by molar-refractivity contribution is 1.18. The summed E-state index contributed by atoms with van der Waals surface area (Å²) in [4.78, 5) is 0. The maximum atomic E-state index is 3.54. The molecule has 0 radical (unpaired) electrons. The normalized spacial score (nSPS) is 11.3. The molecule has 0 spiro atoms. The number of benzene rings is 6. The van der Waals surface area contributed by atoms with Crippen molar-refractivity contribution in [1.29, 1.82) is 0 Å². The number of fused-ring (bicyclic) bond motifs is 3. The first-order valence-electron chi connectivity index (χ1n) is 12.8. The summed E-state index contributed by atoms with van der Waals surface area (Å²) in [5.74, 6) is 0. The Morgan fingerprint density at radius 3 is 1.24 bits per heavy atom. The van der Waals surface area contributed by atoms with E-state index >= 15 is 0 Å². The molecule has 0 aliphatic carbocycles. The second kappa shape index (κ2) is 9.48. The van der Waals surface area contributed by atoms with Gasteiger partial charge in [0.25, 0.3) is 0 Å². The molecule has 0 bridgehead atoms. The number of rotatable bonds is 4. The zero-order chi connectivity index (χ0) is 25.5. The summed E-state index contributed by atoms with van der Waals surface area (Å²) in [6.07, 6.45) is 0. The lowest BCUT2D eigenvalue weighted by Gasteiger charge is -2.10. The van der Waals surface area contributed by atoms with Crippen molar-refractivity contribution in [2.24, 2.45) is 0 Å². The lowest BCUT2D eigenvalue weighted by Crippen LogP contribution is -1.94. The van der Waals surface area contributed by atoms with Crippen LogP contribution in [0.3, 0.4) is 0 Å². The van der Waals surface area contributed by atoms with E-state index in [0.29, 0.717) is 0 Å². The zero-order valence-corrected chi connectivity index (χ0v) is 22.3. The summed E-state index contributed by atoms with van der Waals surface area (Å²) < 4.78 is 3.48. The summed E-state index contributed by atoms with van der Waals surface area (Å²) in [5.41, 5.74) is 10.9. The van der Waals surface area contributed by atoms with Gasteiger partial charge in [-0.1, -0.05) is 113 Å². The highest BCUT2D eigenvalue weighted by atomic mass is 79.9. The minimum Gasteiger partial charge on any atom is -0.309 e. The minimum atomic E-state index is 1.09. The van der Waals surface area contributed by atoms with Gasteiger partial charge in [0.1, 0.15) is 0 Å². The van der Waals surface area contributed by atoms with Gasteiger partial charge in [0, 0.05) is 20.9 Å². The van der Waals surface area contributed by atoms with E-state index in [4.69, 9.17) is 0 Å². The SMILES string of the molecule is Brc1ccc(-c2ccc(-n3c4ccc(-c5ccccc5)cc4c4cc(-c5ccccc5)ccc43)cc2)cc1. The summed E-state index contributed by atoms with van der Waals surface area (Å²) in [7, 11) is 0. The van der Waals surface area contributed by atoms with Gasteiger partial charge in [-0.3, -0.25) is 0 Å². The quantitative estimate of drug-likeness (QED) is 0.205. The molecule has 0 N–H and O–H groups in total. The van der Waals surface area contributed by atoms with Crippen molar-refractivity contribution in [3.05, 3.63) is 150 Å². The first-order valence-corrected chi connectivity index (χ1v) is 13.6. The predicted molar refractivity (Wildman–Crippen MR) is 165 cm³/mol. The maximum absolute atomic E-state index is 3.54. The molecule has 0 unspecified atom stereocenters. The van der Waals surface area contributed by atoms with Crippen molar-refractivity contribution in [2.45, 2.75) is 0 Å². The Morgan fingerprint density at radius 1 is 0.368 bits per heavy atom. The minimum absolute atomic E-state index is 1.09. The van der Waals surface area contributed by atoms with E-state index < -0.39 is 0 Å². The molecule has 0 fully saturated rings. The number of hydrogen-bond donors (Lipinski definition) is 0. The standard InChI is InChI=1S/C36H24BrN/c37-31-17-11-27(12-18-31)28-13-19-32(20-14-28)38-35-21-15-29(25-7-3-1-4-8-25)23-33(35)34-24-30(16-22-36(34)38)26-9-5-2-6-10-26/h1-24H. The van der Waals surface area contributed by atoms with Crippen LogP contribution in [0.25, 0.3) is 60.9 Å². The van der Waals surface area contributed by atoms with Gasteiger partial charge >= 0.3 is 0 Å². The molecule has 1 nitrogen and oxygen atoms in total. The second-order valence-corrected chi connectivity index (χ2v) is 10.5. The van der Waals surface area contributed by atoms with Crippen LogP contribution >= 0.6 is 15.9 Å². The Bertz CT molecular complexity index is 1790. The van der Waals surface area contributed by atoms with Crippen LogP contribution in [-0.2, 0) is 0 Å². The van der Waals surface area contributed by atoms with Crippen molar-refractivity contribution in [2.75, 3.05) is 0 Å². The third-order valence-electron chi connectivity index (χ3n) is 7.28. The maximum Gasteiger partial charge on any atom is 0.0541 e. The summed E-state index contributed by atoms with van der Waals surface area (Å²) in [6, 6.07) is 52.3. The van der Waals surface area contributed by atoms with Crippen LogP contribution in [-0.4, -0.2) is 4.57 Å². The fraction of sp³-hybridized carbons (Fsp3) is 0. The van der Waals surface area contributed by atoms with Gasteiger partial charge in [-0.05, 0) is 81.9 Å². The van der Waals surface area contributed by atoms with Crippen LogP contribution in [0, 0.1) is 0 Å². The molecule has 0 saturated carbocycles. The molecule has 6 aromatic carbocycles. The molecular weight excluding hydrogens is 526 g/mol. The molecule has 180 valence electrons. The van der Waals surface area contributed by atoms with Gasteiger partial charge in [0.05, 0.1) is 11.0 Å². The highest BCUT2D eigenvalue weighted by Gasteiger charge is 2.15. The number of halogens is 1.